The van der Waals surface area contributed by atoms with Crippen molar-refractivity contribution in [3.63, 3.8) is 0 Å². The number of allylic oxidation sites excluding steroid dienone is 2. The maximum Gasteiger partial charge on any atom is 0.266 e. The minimum atomic E-state index is -0.375. The molecular weight excluding hydrogens is 336 g/mol. The molecule has 0 radical (unpaired) electrons. The SMILES string of the molecule is C=CCc1cccc(CC(=C)C)c1N1C(=O)c2cccc(CC#N)c2C1=O. The van der Waals surface area contributed by atoms with Crippen molar-refractivity contribution >= 4 is 17.5 Å². The number of rotatable bonds is 6. The predicted molar refractivity (Wildman–Crippen MR) is 106 cm³/mol. The molecule has 4 nitrogen and oxygen atoms in total. The van der Waals surface area contributed by atoms with Gasteiger partial charge in [0.05, 0.1) is 29.3 Å². The number of hydrogen-bond donors (Lipinski definition) is 0. The molecule has 1 aliphatic rings. The maximum atomic E-state index is 13.2. The number of nitriles is 1. The Bertz CT molecular complexity index is 1010. The lowest BCUT2D eigenvalue weighted by Gasteiger charge is -2.22. The van der Waals surface area contributed by atoms with Crippen molar-refractivity contribution in [2.24, 2.45) is 0 Å². The van der Waals surface area contributed by atoms with Gasteiger partial charge in [0.2, 0.25) is 0 Å². The van der Waals surface area contributed by atoms with Crippen molar-refractivity contribution in [2.75, 3.05) is 4.90 Å². The van der Waals surface area contributed by atoms with Crippen LogP contribution in [0.4, 0.5) is 5.69 Å². The van der Waals surface area contributed by atoms with E-state index in [1.807, 2.05) is 25.1 Å². The van der Waals surface area contributed by atoms with Crippen molar-refractivity contribution in [2.45, 2.75) is 26.2 Å². The number of carbonyl (C=O) groups is 2. The topological polar surface area (TPSA) is 61.2 Å². The van der Waals surface area contributed by atoms with Gasteiger partial charge in [0.25, 0.3) is 11.8 Å². The highest BCUT2D eigenvalue weighted by Crippen LogP contribution is 2.36. The zero-order valence-electron chi connectivity index (χ0n) is 15.3. The van der Waals surface area contributed by atoms with Gasteiger partial charge in [0, 0.05) is 0 Å². The van der Waals surface area contributed by atoms with Crippen LogP contribution in [0.2, 0.25) is 0 Å². The minimum absolute atomic E-state index is 0.0863. The van der Waals surface area contributed by atoms with Gasteiger partial charge >= 0.3 is 0 Å². The molecule has 0 aliphatic carbocycles. The quantitative estimate of drug-likeness (QED) is 0.569. The summed E-state index contributed by atoms with van der Waals surface area (Å²) in [5.41, 5.74) is 4.54. The lowest BCUT2D eigenvalue weighted by Crippen LogP contribution is -2.31. The molecule has 0 atom stereocenters. The first-order valence-electron chi connectivity index (χ1n) is 8.73. The molecule has 0 bridgehead atoms. The van der Waals surface area contributed by atoms with Gasteiger partial charge in [-0.3, -0.25) is 9.59 Å². The van der Waals surface area contributed by atoms with Crippen LogP contribution in [0.3, 0.4) is 0 Å². The van der Waals surface area contributed by atoms with Gasteiger partial charge in [-0.1, -0.05) is 48.6 Å². The van der Waals surface area contributed by atoms with Crippen LogP contribution in [0.15, 0.2) is 61.2 Å². The largest absolute Gasteiger partial charge is 0.268 e. The molecule has 3 rings (SSSR count). The van der Waals surface area contributed by atoms with Gasteiger partial charge < -0.3 is 0 Å². The average molecular weight is 356 g/mol. The highest BCUT2D eigenvalue weighted by molar-refractivity contribution is 6.35. The first-order valence-corrected chi connectivity index (χ1v) is 8.73. The summed E-state index contributed by atoms with van der Waals surface area (Å²) in [7, 11) is 0. The molecule has 0 N–H and O–H groups in total. The highest BCUT2D eigenvalue weighted by atomic mass is 16.2. The summed E-state index contributed by atoms with van der Waals surface area (Å²) >= 11 is 0. The lowest BCUT2D eigenvalue weighted by molar-refractivity contribution is 0.0925. The monoisotopic (exact) mass is 356 g/mol. The van der Waals surface area contributed by atoms with Crippen molar-refractivity contribution < 1.29 is 9.59 Å². The van der Waals surface area contributed by atoms with Crippen LogP contribution in [-0.2, 0) is 19.3 Å². The molecule has 0 aromatic heterocycles. The van der Waals surface area contributed by atoms with E-state index < -0.39 is 0 Å². The Hall–Kier alpha value is -3.45. The van der Waals surface area contributed by atoms with Crippen LogP contribution in [0.1, 0.15) is 44.3 Å². The molecule has 27 heavy (non-hydrogen) atoms. The number of anilines is 1. The Morgan fingerprint density at radius 3 is 2.44 bits per heavy atom. The van der Waals surface area contributed by atoms with Crippen molar-refractivity contribution in [1.29, 1.82) is 5.26 Å². The van der Waals surface area contributed by atoms with E-state index in [-0.39, 0.29) is 18.2 Å². The molecular formula is C23H20N2O2. The molecule has 2 amide bonds. The third-order valence-corrected chi connectivity index (χ3v) is 4.55. The third kappa shape index (κ3) is 3.20. The summed E-state index contributed by atoms with van der Waals surface area (Å²) in [6.07, 6.45) is 2.95. The Morgan fingerprint density at radius 1 is 1.11 bits per heavy atom. The van der Waals surface area contributed by atoms with Gasteiger partial charge in [-0.15, -0.1) is 6.58 Å². The molecule has 1 heterocycles. The molecule has 0 saturated heterocycles. The maximum absolute atomic E-state index is 13.2. The standard InChI is InChI=1S/C23H20N2O2/c1-4-7-17-9-5-10-18(14-15(2)3)21(17)25-22(26)19-11-6-8-16(12-13-24)20(19)23(25)27/h4-6,8-11H,1-2,7,12,14H2,3H3. The summed E-state index contributed by atoms with van der Waals surface area (Å²) in [6.45, 7) is 9.67. The van der Waals surface area contributed by atoms with Gasteiger partial charge in [-0.2, -0.15) is 5.26 Å². The van der Waals surface area contributed by atoms with Crippen LogP contribution >= 0.6 is 0 Å². The first-order chi connectivity index (χ1) is 13.0. The number of carbonyl (C=O) groups excluding carboxylic acids is 2. The van der Waals surface area contributed by atoms with Crippen LogP contribution in [-0.4, -0.2) is 11.8 Å². The number of imide groups is 1. The zero-order chi connectivity index (χ0) is 19.6. The molecule has 0 saturated carbocycles. The fourth-order valence-electron chi connectivity index (χ4n) is 3.51. The van der Waals surface area contributed by atoms with Crippen molar-refractivity contribution in [3.05, 3.63) is 89.0 Å². The second-order valence-electron chi connectivity index (χ2n) is 6.67. The molecule has 134 valence electrons. The number of nitrogens with zero attached hydrogens (tertiary/aromatic N) is 2. The first kappa shape index (κ1) is 18.3. The number of fused-ring (bicyclic) bond motifs is 1. The molecule has 2 aromatic carbocycles. The minimum Gasteiger partial charge on any atom is -0.268 e. The van der Waals surface area contributed by atoms with E-state index in [9.17, 15) is 9.59 Å². The van der Waals surface area contributed by atoms with E-state index in [0.717, 1.165) is 16.7 Å². The van der Waals surface area contributed by atoms with Crippen LogP contribution in [0, 0.1) is 11.3 Å². The summed E-state index contributed by atoms with van der Waals surface area (Å²) in [5, 5.41) is 9.06. The van der Waals surface area contributed by atoms with E-state index in [1.54, 1.807) is 24.3 Å². The van der Waals surface area contributed by atoms with Crippen LogP contribution in [0.25, 0.3) is 0 Å². The Balaban J connectivity index is 2.20. The Morgan fingerprint density at radius 2 is 1.78 bits per heavy atom. The fraction of sp³-hybridized carbons (Fsp3) is 0.174. The number of para-hydroxylation sites is 1. The second-order valence-corrected chi connectivity index (χ2v) is 6.67. The zero-order valence-corrected chi connectivity index (χ0v) is 15.3. The van der Waals surface area contributed by atoms with E-state index in [4.69, 9.17) is 5.26 Å². The molecule has 2 aromatic rings. The Kier molecular flexibility index (Phi) is 5.05. The summed E-state index contributed by atoms with van der Waals surface area (Å²) < 4.78 is 0. The smallest absolute Gasteiger partial charge is 0.266 e. The van der Waals surface area contributed by atoms with Crippen molar-refractivity contribution in [3.8, 4) is 6.07 Å². The summed E-state index contributed by atoms with van der Waals surface area (Å²) in [6, 6.07) is 12.9. The predicted octanol–water partition coefficient (Wildman–Crippen LogP) is 4.40. The molecule has 1 aliphatic heterocycles. The van der Waals surface area contributed by atoms with E-state index in [2.05, 4.69) is 19.2 Å². The number of benzene rings is 2. The third-order valence-electron chi connectivity index (χ3n) is 4.55. The average Bonchev–Trinajstić information content (AvgIpc) is 2.88. The Labute approximate surface area is 159 Å². The van der Waals surface area contributed by atoms with Crippen molar-refractivity contribution in [1.82, 2.24) is 0 Å². The van der Waals surface area contributed by atoms with Gasteiger partial charge in [0.15, 0.2) is 0 Å². The molecule has 0 fully saturated rings. The molecule has 0 unspecified atom stereocenters. The second kappa shape index (κ2) is 7.43. The highest BCUT2D eigenvalue weighted by Gasteiger charge is 2.39. The van der Waals surface area contributed by atoms with Gasteiger partial charge in [-0.05, 0) is 42.5 Å². The summed E-state index contributed by atoms with van der Waals surface area (Å²) in [4.78, 5) is 27.6. The van der Waals surface area contributed by atoms with E-state index in [0.29, 0.717) is 35.2 Å². The molecule has 4 heteroatoms. The van der Waals surface area contributed by atoms with E-state index >= 15 is 0 Å². The van der Waals surface area contributed by atoms with Crippen LogP contribution < -0.4 is 4.90 Å². The van der Waals surface area contributed by atoms with Gasteiger partial charge in [-0.25, -0.2) is 4.90 Å². The normalized spacial score (nSPS) is 12.7. The number of amides is 2. The number of hydrogen-bond acceptors (Lipinski definition) is 3. The van der Waals surface area contributed by atoms with Gasteiger partial charge in [0.1, 0.15) is 0 Å². The van der Waals surface area contributed by atoms with E-state index in [1.165, 1.54) is 4.90 Å². The summed E-state index contributed by atoms with van der Waals surface area (Å²) in [5.74, 6) is -0.727. The lowest BCUT2D eigenvalue weighted by atomic mass is 9.98. The fourth-order valence-corrected chi connectivity index (χ4v) is 3.51. The van der Waals surface area contributed by atoms with Crippen LogP contribution in [0.5, 0.6) is 0 Å². The molecule has 0 spiro atoms.